The van der Waals surface area contributed by atoms with E-state index < -0.39 is 0 Å². The van der Waals surface area contributed by atoms with Crippen molar-refractivity contribution in [2.24, 2.45) is 0 Å². The second-order valence-corrected chi connectivity index (χ2v) is 9.48. The van der Waals surface area contributed by atoms with Crippen LogP contribution in [0.15, 0.2) is 42.5 Å². The van der Waals surface area contributed by atoms with Crippen LogP contribution >= 0.6 is 23.2 Å². The van der Waals surface area contributed by atoms with Crippen molar-refractivity contribution < 1.29 is 14.3 Å². The fraction of sp³-hybridized carbons (Fsp3) is 0.346. The molecule has 1 amide bonds. The van der Waals surface area contributed by atoms with Crippen molar-refractivity contribution >= 4 is 34.9 Å². The Kier molecular flexibility index (Phi) is 7.09. The van der Waals surface area contributed by atoms with E-state index in [2.05, 4.69) is 4.90 Å². The van der Waals surface area contributed by atoms with E-state index in [4.69, 9.17) is 42.6 Å². The van der Waals surface area contributed by atoms with Gasteiger partial charge in [0.25, 0.3) is 5.91 Å². The zero-order valence-corrected chi connectivity index (χ0v) is 21.0. The summed E-state index contributed by atoms with van der Waals surface area (Å²) in [6, 6.07) is 12.9. The molecule has 0 aliphatic carbocycles. The van der Waals surface area contributed by atoms with Gasteiger partial charge in [-0.15, -0.1) is 0 Å². The number of benzene rings is 2. The molecule has 1 aromatic heterocycles. The Morgan fingerprint density at radius 2 is 1.80 bits per heavy atom. The third kappa shape index (κ3) is 5.22. The standard InChI is InChI=1S/C26H26Cl2N4O3/c1-34-23-5-3-2-4-17(23)14-24-29-22-6-7-32(26(33)18-12-19(27)15-20(28)13-18)16-21(22)25(30-24)31-8-10-35-11-9-31/h2-5,12-13,15H,6-11,14,16H2,1H3. The number of amides is 1. The lowest BCUT2D eigenvalue weighted by molar-refractivity contribution is 0.0733. The van der Waals surface area contributed by atoms with Gasteiger partial charge in [-0.2, -0.15) is 0 Å². The molecule has 0 spiro atoms. The van der Waals surface area contributed by atoms with Crippen molar-refractivity contribution in [3.05, 3.63) is 80.7 Å². The quantitative estimate of drug-likeness (QED) is 0.504. The maximum atomic E-state index is 13.3. The van der Waals surface area contributed by atoms with Crippen molar-refractivity contribution in [2.75, 3.05) is 44.9 Å². The molecule has 0 radical (unpaired) electrons. The van der Waals surface area contributed by atoms with Gasteiger partial charge in [-0.3, -0.25) is 4.79 Å². The van der Waals surface area contributed by atoms with E-state index >= 15 is 0 Å². The van der Waals surface area contributed by atoms with Gasteiger partial charge in [-0.05, 0) is 24.3 Å². The summed E-state index contributed by atoms with van der Waals surface area (Å²) in [4.78, 5) is 27.3. The van der Waals surface area contributed by atoms with E-state index in [1.807, 2.05) is 29.2 Å². The highest BCUT2D eigenvalue weighted by atomic mass is 35.5. The SMILES string of the molecule is COc1ccccc1Cc1nc2c(c(N3CCOCC3)n1)CN(C(=O)c1cc(Cl)cc(Cl)c1)CC2. The van der Waals surface area contributed by atoms with E-state index in [1.54, 1.807) is 25.3 Å². The molecular weight excluding hydrogens is 487 g/mol. The minimum absolute atomic E-state index is 0.105. The van der Waals surface area contributed by atoms with Gasteiger partial charge < -0.3 is 19.3 Å². The summed E-state index contributed by atoms with van der Waals surface area (Å²) in [5.41, 5.74) is 3.49. The zero-order chi connectivity index (χ0) is 24.4. The van der Waals surface area contributed by atoms with Crippen LogP contribution in [0.2, 0.25) is 10.0 Å². The lowest BCUT2D eigenvalue weighted by Gasteiger charge is -2.34. The van der Waals surface area contributed by atoms with Crippen molar-refractivity contribution in [1.82, 2.24) is 14.9 Å². The molecule has 2 aliphatic rings. The molecule has 0 N–H and O–H groups in total. The third-order valence-electron chi connectivity index (χ3n) is 6.33. The van der Waals surface area contributed by atoms with Crippen LogP contribution in [0, 0.1) is 0 Å². The third-order valence-corrected chi connectivity index (χ3v) is 6.77. The highest BCUT2D eigenvalue weighted by molar-refractivity contribution is 6.35. The predicted octanol–water partition coefficient (Wildman–Crippen LogP) is 4.42. The maximum absolute atomic E-state index is 13.3. The normalized spacial score (nSPS) is 15.6. The molecule has 182 valence electrons. The fourth-order valence-electron chi connectivity index (χ4n) is 4.61. The van der Waals surface area contributed by atoms with Crippen LogP contribution in [0.1, 0.15) is 33.0 Å². The lowest BCUT2D eigenvalue weighted by Crippen LogP contribution is -2.41. The van der Waals surface area contributed by atoms with Crippen molar-refractivity contribution in [1.29, 1.82) is 0 Å². The Bertz CT molecular complexity index is 1230. The summed E-state index contributed by atoms with van der Waals surface area (Å²) in [7, 11) is 1.67. The molecule has 2 aliphatic heterocycles. The molecule has 0 unspecified atom stereocenters. The summed E-state index contributed by atoms with van der Waals surface area (Å²) < 4.78 is 11.1. The number of ether oxygens (including phenoxy) is 2. The Hall–Kier alpha value is -2.87. The van der Waals surface area contributed by atoms with Gasteiger partial charge in [-0.25, -0.2) is 9.97 Å². The maximum Gasteiger partial charge on any atom is 0.254 e. The van der Waals surface area contributed by atoms with E-state index in [0.29, 0.717) is 54.8 Å². The first-order valence-corrected chi connectivity index (χ1v) is 12.4. The average Bonchev–Trinajstić information content (AvgIpc) is 2.88. The van der Waals surface area contributed by atoms with Crippen molar-refractivity contribution in [3.8, 4) is 5.75 Å². The second-order valence-electron chi connectivity index (χ2n) is 8.61. The molecule has 1 fully saturated rings. The smallest absolute Gasteiger partial charge is 0.254 e. The largest absolute Gasteiger partial charge is 0.496 e. The molecule has 0 bridgehead atoms. The van der Waals surface area contributed by atoms with Crippen LogP contribution in [0.4, 0.5) is 5.82 Å². The second kappa shape index (κ2) is 10.4. The molecule has 0 saturated carbocycles. The molecule has 35 heavy (non-hydrogen) atoms. The molecule has 3 heterocycles. The molecule has 3 aromatic rings. The van der Waals surface area contributed by atoms with Crippen LogP contribution in [-0.2, 0) is 24.1 Å². The van der Waals surface area contributed by atoms with E-state index in [1.165, 1.54) is 0 Å². The number of morpholine rings is 1. The van der Waals surface area contributed by atoms with Crippen LogP contribution in [-0.4, -0.2) is 60.7 Å². The van der Waals surface area contributed by atoms with Gasteiger partial charge in [-0.1, -0.05) is 41.4 Å². The Morgan fingerprint density at radius 1 is 1.06 bits per heavy atom. The number of aromatic nitrogens is 2. The molecule has 5 rings (SSSR count). The number of para-hydroxylation sites is 1. The minimum atomic E-state index is -0.105. The zero-order valence-electron chi connectivity index (χ0n) is 19.5. The Morgan fingerprint density at radius 3 is 2.54 bits per heavy atom. The highest BCUT2D eigenvalue weighted by Gasteiger charge is 2.29. The van der Waals surface area contributed by atoms with Crippen LogP contribution in [0.5, 0.6) is 5.75 Å². The van der Waals surface area contributed by atoms with Crippen molar-refractivity contribution in [2.45, 2.75) is 19.4 Å². The fourth-order valence-corrected chi connectivity index (χ4v) is 5.14. The van der Waals surface area contributed by atoms with Crippen LogP contribution < -0.4 is 9.64 Å². The number of carbonyl (C=O) groups is 1. The van der Waals surface area contributed by atoms with Crippen LogP contribution in [0.25, 0.3) is 0 Å². The minimum Gasteiger partial charge on any atom is -0.496 e. The number of halogens is 2. The van der Waals surface area contributed by atoms with E-state index in [9.17, 15) is 4.79 Å². The molecule has 7 nitrogen and oxygen atoms in total. The number of anilines is 1. The first kappa shape index (κ1) is 23.9. The van der Waals surface area contributed by atoms with Crippen molar-refractivity contribution in [3.63, 3.8) is 0 Å². The van der Waals surface area contributed by atoms with Gasteiger partial charge in [0, 0.05) is 59.2 Å². The number of rotatable bonds is 5. The molecule has 0 atom stereocenters. The predicted molar refractivity (Wildman–Crippen MR) is 136 cm³/mol. The molecule has 2 aromatic carbocycles. The van der Waals surface area contributed by atoms with Crippen LogP contribution in [0.3, 0.4) is 0 Å². The first-order valence-electron chi connectivity index (χ1n) is 11.6. The summed E-state index contributed by atoms with van der Waals surface area (Å²) >= 11 is 12.3. The van der Waals surface area contributed by atoms with Gasteiger partial charge in [0.2, 0.25) is 0 Å². The summed E-state index contributed by atoms with van der Waals surface area (Å²) in [5, 5.41) is 0.883. The average molecular weight is 513 g/mol. The van der Waals surface area contributed by atoms with Gasteiger partial charge in [0.15, 0.2) is 0 Å². The molecule has 9 heteroatoms. The lowest BCUT2D eigenvalue weighted by atomic mass is 10.0. The highest BCUT2D eigenvalue weighted by Crippen LogP contribution is 2.30. The summed E-state index contributed by atoms with van der Waals surface area (Å²) in [6.45, 7) is 3.77. The number of methoxy groups -OCH3 is 1. The number of hydrogen-bond acceptors (Lipinski definition) is 6. The Labute approximate surface area is 214 Å². The van der Waals surface area contributed by atoms with Gasteiger partial charge in [0.1, 0.15) is 17.4 Å². The van der Waals surface area contributed by atoms with E-state index in [-0.39, 0.29) is 5.91 Å². The monoisotopic (exact) mass is 512 g/mol. The summed E-state index contributed by atoms with van der Waals surface area (Å²) in [5.74, 6) is 2.34. The number of hydrogen-bond donors (Lipinski definition) is 0. The topological polar surface area (TPSA) is 67.8 Å². The summed E-state index contributed by atoms with van der Waals surface area (Å²) in [6.07, 6.45) is 1.21. The number of fused-ring (bicyclic) bond motifs is 1. The first-order chi connectivity index (χ1) is 17.0. The number of nitrogens with zero attached hydrogens (tertiary/aromatic N) is 4. The molecule has 1 saturated heterocycles. The molecular formula is C26H26Cl2N4O3. The van der Waals surface area contributed by atoms with Gasteiger partial charge in [0.05, 0.1) is 32.6 Å². The number of carbonyl (C=O) groups excluding carboxylic acids is 1. The van der Waals surface area contributed by atoms with E-state index in [0.717, 1.165) is 47.3 Å². The Balaban J connectivity index is 1.48. The van der Waals surface area contributed by atoms with Gasteiger partial charge >= 0.3 is 0 Å².